The molecule has 6 nitrogen and oxygen atoms in total. The number of nitro benzene ring substituents is 1. The van der Waals surface area contributed by atoms with Crippen LogP contribution in [0.25, 0.3) is 0 Å². The van der Waals surface area contributed by atoms with Crippen molar-refractivity contribution in [3.05, 3.63) is 52.7 Å². The smallest absolute Gasteiger partial charge is 0.292 e. The van der Waals surface area contributed by atoms with E-state index in [0.29, 0.717) is 30.3 Å². The Morgan fingerprint density at radius 3 is 2.67 bits per heavy atom. The second-order valence-corrected chi connectivity index (χ2v) is 4.81. The molecule has 2 aromatic rings. The SMILES string of the molecule is O=[N+]([O-])c1ccccc1Nc1ccc(N2CC(F)C2)nc1. The molecule has 0 spiro atoms. The number of hydrogen-bond donors (Lipinski definition) is 1. The van der Waals surface area contributed by atoms with Gasteiger partial charge in [0.2, 0.25) is 0 Å². The lowest BCUT2D eigenvalue weighted by molar-refractivity contribution is -0.383. The van der Waals surface area contributed by atoms with Gasteiger partial charge in [-0.25, -0.2) is 9.37 Å². The van der Waals surface area contributed by atoms with E-state index < -0.39 is 11.1 Å². The third kappa shape index (κ3) is 2.76. The standard InChI is InChI=1S/C14H13FN4O2/c15-10-8-18(9-10)14-6-5-11(7-16-14)17-12-3-1-2-4-13(12)19(20)21/h1-7,10,17H,8-9H2. The Bertz CT molecular complexity index is 656. The maximum absolute atomic E-state index is 12.8. The zero-order valence-electron chi connectivity index (χ0n) is 11.1. The van der Waals surface area contributed by atoms with E-state index >= 15 is 0 Å². The Kier molecular flexibility index (Phi) is 3.39. The minimum Gasteiger partial charge on any atom is -0.351 e. The van der Waals surface area contributed by atoms with Crippen molar-refractivity contribution in [1.82, 2.24) is 4.98 Å². The number of pyridine rings is 1. The fraction of sp³-hybridized carbons (Fsp3) is 0.214. The summed E-state index contributed by atoms with van der Waals surface area (Å²) in [6, 6.07) is 9.94. The van der Waals surface area contributed by atoms with Crippen LogP contribution in [0.1, 0.15) is 0 Å². The topological polar surface area (TPSA) is 71.3 Å². The highest BCUT2D eigenvalue weighted by molar-refractivity contribution is 5.69. The monoisotopic (exact) mass is 288 g/mol. The molecule has 0 radical (unpaired) electrons. The number of benzene rings is 1. The van der Waals surface area contributed by atoms with Crippen LogP contribution >= 0.6 is 0 Å². The quantitative estimate of drug-likeness (QED) is 0.692. The Labute approximate surface area is 120 Å². The minimum atomic E-state index is -0.781. The molecule has 1 aromatic carbocycles. The zero-order chi connectivity index (χ0) is 14.8. The maximum Gasteiger partial charge on any atom is 0.292 e. The van der Waals surface area contributed by atoms with Crippen LogP contribution in [0.5, 0.6) is 0 Å². The molecule has 1 aliphatic rings. The minimum absolute atomic E-state index is 0.00425. The molecule has 0 saturated carbocycles. The molecule has 0 aliphatic carbocycles. The van der Waals surface area contributed by atoms with E-state index in [1.165, 1.54) is 6.07 Å². The summed E-state index contributed by atoms with van der Waals surface area (Å²) in [6.45, 7) is 0.730. The van der Waals surface area contributed by atoms with E-state index in [1.807, 2.05) is 4.90 Å². The van der Waals surface area contributed by atoms with Crippen LogP contribution < -0.4 is 10.2 Å². The summed E-state index contributed by atoms with van der Waals surface area (Å²) in [5, 5.41) is 13.9. The lowest BCUT2D eigenvalue weighted by Gasteiger charge is -2.35. The largest absolute Gasteiger partial charge is 0.351 e. The van der Waals surface area contributed by atoms with Crippen molar-refractivity contribution in [2.75, 3.05) is 23.3 Å². The summed E-state index contributed by atoms with van der Waals surface area (Å²) in [6.07, 6.45) is 0.800. The number of halogens is 1. The summed E-state index contributed by atoms with van der Waals surface area (Å²) >= 11 is 0. The normalized spacial score (nSPS) is 14.6. The van der Waals surface area contributed by atoms with Crippen molar-refractivity contribution in [2.24, 2.45) is 0 Å². The number of para-hydroxylation sites is 2. The van der Waals surface area contributed by atoms with Crippen LogP contribution in [-0.2, 0) is 0 Å². The second-order valence-electron chi connectivity index (χ2n) is 4.81. The van der Waals surface area contributed by atoms with E-state index in [2.05, 4.69) is 10.3 Å². The fourth-order valence-corrected chi connectivity index (χ4v) is 2.15. The molecular weight excluding hydrogens is 275 g/mol. The van der Waals surface area contributed by atoms with Gasteiger partial charge in [-0.05, 0) is 18.2 Å². The third-order valence-electron chi connectivity index (χ3n) is 3.29. The van der Waals surface area contributed by atoms with E-state index in [0.717, 1.165) is 0 Å². The van der Waals surface area contributed by atoms with Gasteiger partial charge in [-0.15, -0.1) is 0 Å². The van der Waals surface area contributed by atoms with E-state index in [9.17, 15) is 14.5 Å². The van der Waals surface area contributed by atoms with Gasteiger partial charge in [0.05, 0.1) is 29.9 Å². The maximum atomic E-state index is 12.8. The van der Waals surface area contributed by atoms with Crippen LogP contribution in [0.15, 0.2) is 42.6 Å². The van der Waals surface area contributed by atoms with Gasteiger partial charge in [0.25, 0.3) is 5.69 Å². The lowest BCUT2D eigenvalue weighted by Crippen LogP contribution is -2.48. The molecule has 1 aromatic heterocycles. The van der Waals surface area contributed by atoms with Gasteiger partial charge < -0.3 is 10.2 Å². The predicted octanol–water partition coefficient (Wildman–Crippen LogP) is 2.89. The van der Waals surface area contributed by atoms with E-state index in [4.69, 9.17) is 0 Å². The average molecular weight is 288 g/mol. The summed E-state index contributed by atoms with van der Waals surface area (Å²) in [5.74, 6) is 0.706. The van der Waals surface area contributed by atoms with Gasteiger partial charge >= 0.3 is 0 Å². The molecule has 0 unspecified atom stereocenters. The third-order valence-corrected chi connectivity index (χ3v) is 3.29. The van der Waals surface area contributed by atoms with Crippen molar-refractivity contribution in [3.63, 3.8) is 0 Å². The Balaban J connectivity index is 1.75. The predicted molar refractivity (Wildman–Crippen MR) is 77.7 cm³/mol. The number of hydrogen-bond acceptors (Lipinski definition) is 5. The first-order valence-corrected chi connectivity index (χ1v) is 6.49. The average Bonchev–Trinajstić information content (AvgIpc) is 2.45. The molecule has 1 fully saturated rings. The molecule has 0 atom stereocenters. The van der Waals surface area contributed by atoms with Gasteiger partial charge in [0.1, 0.15) is 17.7 Å². The first-order valence-electron chi connectivity index (χ1n) is 6.49. The summed E-state index contributed by atoms with van der Waals surface area (Å²) in [7, 11) is 0. The van der Waals surface area contributed by atoms with Crippen molar-refractivity contribution in [2.45, 2.75) is 6.17 Å². The van der Waals surface area contributed by atoms with Gasteiger partial charge in [-0.1, -0.05) is 12.1 Å². The summed E-state index contributed by atoms with van der Waals surface area (Å²) < 4.78 is 12.8. The molecule has 7 heteroatoms. The van der Waals surface area contributed by atoms with Crippen molar-refractivity contribution >= 4 is 22.9 Å². The molecule has 1 saturated heterocycles. The van der Waals surface area contributed by atoms with E-state index in [-0.39, 0.29) is 5.69 Å². The molecule has 21 heavy (non-hydrogen) atoms. The zero-order valence-corrected chi connectivity index (χ0v) is 11.1. The number of nitro groups is 1. The highest BCUT2D eigenvalue weighted by Gasteiger charge is 2.26. The second kappa shape index (κ2) is 5.35. The number of rotatable bonds is 4. The number of alkyl halides is 1. The Morgan fingerprint density at radius 1 is 1.29 bits per heavy atom. The molecule has 3 rings (SSSR count). The molecule has 0 amide bonds. The van der Waals surface area contributed by atoms with Crippen molar-refractivity contribution in [3.8, 4) is 0 Å². The number of nitrogens with zero attached hydrogens (tertiary/aromatic N) is 3. The van der Waals surface area contributed by atoms with Crippen molar-refractivity contribution in [1.29, 1.82) is 0 Å². The van der Waals surface area contributed by atoms with Gasteiger partial charge in [0.15, 0.2) is 0 Å². The lowest BCUT2D eigenvalue weighted by atomic mass is 10.2. The molecule has 1 N–H and O–H groups in total. The first kappa shape index (κ1) is 13.3. The van der Waals surface area contributed by atoms with Gasteiger partial charge in [-0.2, -0.15) is 0 Å². The molecule has 0 bridgehead atoms. The number of nitrogens with one attached hydrogen (secondary N) is 1. The van der Waals surface area contributed by atoms with Crippen LogP contribution in [0.3, 0.4) is 0 Å². The Morgan fingerprint density at radius 2 is 2.05 bits per heavy atom. The fourth-order valence-electron chi connectivity index (χ4n) is 2.15. The van der Waals surface area contributed by atoms with Crippen LogP contribution in [-0.4, -0.2) is 29.2 Å². The molecule has 108 valence electrons. The highest BCUT2D eigenvalue weighted by Crippen LogP contribution is 2.28. The van der Waals surface area contributed by atoms with Gasteiger partial charge in [-0.3, -0.25) is 10.1 Å². The number of aromatic nitrogens is 1. The number of anilines is 3. The molecule has 1 aliphatic heterocycles. The molecule has 2 heterocycles. The van der Waals surface area contributed by atoms with E-state index in [1.54, 1.807) is 36.5 Å². The molecular formula is C14H13FN4O2. The summed E-state index contributed by atoms with van der Waals surface area (Å²) in [4.78, 5) is 16.6. The van der Waals surface area contributed by atoms with Crippen LogP contribution in [0, 0.1) is 10.1 Å². The van der Waals surface area contributed by atoms with Crippen LogP contribution in [0.4, 0.5) is 27.3 Å². The first-order chi connectivity index (χ1) is 10.1. The van der Waals surface area contributed by atoms with Gasteiger partial charge in [0, 0.05) is 6.07 Å². The Hall–Kier alpha value is -2.70. The summed E-state index contributed by atoms with van der Waals surface area (Å²) in [5.41, 5.74) is 1.06. The van der Waals surface area contributed by atoms with Crippen molar-refractivity contribution < 1.29 is 9.31 Å². The van der Waals surface area contributed by atoms with Crippen LogP contribution in [0.2, 0.25) is 0 Å². The highest BCUT2D eigenvalue weighted by atomic mass is 19.1.